The maximum absolute atomic E-state index is 8.87. The number of hydrogen-bond donors (Lipinski definition) is 2. The summed E-state index contributed by atoms with van der Waals surface area (Å²) < 4.78 is 0.992. The standard InChI is InChI=1S/C13H9ClIN3/c14-10-3-1-8(7-16)5-13(10)18-12-4-2-9(17)6-11(12)15/h1-6,18H,17H2. The summed E-state index contributed by atoms with van der Waals surface area (Å²) in [6.45, 7) is 0. The maximum atomic E-state index is 8.87. The van der Waals surface area contributed by atoms with E-state index < -0.39 is 0 Å². The monoisotopic (exact) mass is 369 g/mol. The SMILES string of the molecule is N#Cc1ccc(Cl)c(Nc2ccc(N)cc2I)c1. The third-order valence-electron chi connectivity index (χ3n) is 2.36. The van der Waals surface area contributed by atoms with Crippen molar-refractivity contribution in [3.8, 4) is 6.07 Å². The third kappa shape index (κ3) is 2.86. The predicted molar refractivity (Wildman–Crippen MR) is 83.0 cm³/mol. The summed E-state index contributed by atoms with van der Waals surface area (Å²) in [5.41, 5.74) is 8.58. The van der Waals surface area contributed by atoms with Gasteiger partial charge in [0.2, 0.25) is 0 Å². The third-order valence-corrected chi connectivity index (χ3v) is 3.58. The molecule has 90 valence electrons. The van der Waals surface area contributed by atoms with Crippen LogP contribution < -0.4 is 11.1 Å². The summed E-state index contributed by atoms with van der Waals surface area (Å²) in [5.74, 6) is 0. The Labute approximate surface area is 124 Å². The highest BCUT2D eigenvalue weighted by Gasteiger charge is 2.05. The first-order chi connectivity index (χ1) is 8.60. The van der Waals surface area contributed by atoms with Crippen molar-refractivity contribution in [3.05, 3.63) is 50.6 Å². The van der Waals surface area contributed by atoms with Gasteiger partial charge in [0.25, 0.3) is 0 Å². The molecular formula is C13H9ClIN3. The number of nitrogens with two attached hydrogens (primary N) is 1. The Morgan fingerprint density at radius 3 is 2.61 bits per heavy atom. The highest BCUT2D eigenvalue weighted by Crippen LogP contribution is 2.29. The summed E-state index contributed by atoms with van der Waals surface area (Å²) in [6, 6.07) is 12.7. The molecule has 2 rings (SSSR count). The lowest BCUT2D eigenvalue weighted by atomic mass is 10.2. The highest BCUT2D eigenvalue weighted by molar-refractivity contribution is 14.1. The van der Waals surface area contributed by atoms with Crippen LogP contribution in [0.1, 0.15) is 5.56 Å². The summed E-state index contributed by atoms with van der Waals surface area (Å²) in [7, 11) is 0. The fraction of sp³-hybridized carbons (Fsp3) is 0. The van der Waals surface area contributed by atoms with Crippen LogP contribution in [0.2, 0.25) is 5.02 Å². The van der Waals surface area contributed by atoms with Crippen LogP contribution in [0.4, 0.5) is 17.1 Å². The van der Waals surface area contributed by atoms with Gasteiger partial charge in [-0.1, -0.05) is 11.6 Å². The molecule has 0 aromatic heterocycles. The zero-order valence-electron chi connectivity index (χ0n) is 9.24. The van der Waals surface area contributed by atoms with E-state index in [1.807, 2.05) is 18.2 Å². The van der Waals surface area contributed by atoms with Gasteiger partial charge in [0.1, 0.15) is 0 Å². The van der Waals surface area contributed by atoms with Gasteiger partial charge in [0.05, 0.1) is 28.0 Å². The molecule has 0 aliphatic carbocycles. The molecule has 2 aromatic carbocycles. The van der Waals surface area contributed by atoms with Crippen LogP contribution in [-0.4, -0.2) is 0 Å². The number of hydrogen-bond acceptors (Lipinski definition) is 3. The predicted octanol–water partition coefficient (Wildman–Crippen LogP) is 4.14. The van der Waals surface area contributed by atoms with Crippen LogP contribution in [0, 0.1) is 14.9 Å². The van der Waals surface area contributed by atoms with E-state index in [4.69, 9.17) is 22.6 Å². The Bertz CT molecular complexity index is 635. The zero-order chi connectivity index (χ0) is 13.1. The quantitative estimate of drug-likeness (QED) is 0.618. The topological polar surface area (TPSA) is 61.8 Å². The molecule has 5 heteroatoms. The van der Waals surface area contributed by atoms with Crippen molar-refractivity contribution in [2.75, 3.05) is 11.1 Å². The summed E-state index contributed by atoms with van der Waals surface area (Å²) in [4.78, 5) is 0. The van der Waals surface area contributed by atoms with Gasteiger partial charge in [-0.25, -0.2) is 0 Å². The molecule has 0 atom stereocenters. The Kier molecular flexibility index (Phi) is 3.94. The lowest BCUT2D eigenvalue weighted by Gasteiger charge is -2.11. The number of rotatable bonds is 2. The van der Waals surface area contributed by atoms with Crippen molar-refractivity contribution < 1.29 is 0 Å². The van der Waals surface area contributed by atoms with Crippen molar-refractivity contribution in [3.63, 3.8) is 0 Å². The van der Waals surface area contributed by atoms with Gasteiger partial charge in [-0.2, -0.15) is 5.26 Å². The average molecular weight is 370 g/mol. The Morgan fingerprint density at radius 1 is 1.17 bits per heavy atom. The summed E-state index contributed by atoms with van der Waals surface area (Å²) in [6.07, 6.45) is 0. The molecule has 0 bridgehead atoms. The van der Waals surface area contributed by atoms with E-state index in [1.54, 1.807) is 18.2 Å². The second-order valence-corrected chi connectivity index (χ2v) is 5.24. The van der Waals surface area contributed by atoms with Gasteiger partial charge in [-0.3, -0.25) is 0 Å². The molecule has 3 N–H and O–H groups in total. The van der Waals surface area contributed by atoms with E-state index in [2.05, 4.69) is 34.0 Å². The number of nitrogens with one attached hydrogen (secondary N) is 1. The van der Waals surface area contributed by atoms with Gasteiger partial charge < -0.3 is 11.1 Å². The van der Waals surface area contributed by atoms with E-state index in [-0.39, 0.29) is 0 Å². The van der Waals surface area contributed by atoms with E-state index in [9.17, 15) is 0 Å². The zero-order valence-corrected chi connectivity index (χ0v) is 12.2. The molecule has 0 saturated carbocycles. The van der Waals surface area contributed by atoms with E-state index in [0.717, 1.165) is 9.26 Å². The number of halogens is 2. The van der Waals surface area contributed by atoms with Gasteiger partial charge in [0, 0.05) is 9.26 Å². The Hall–Kier alpha value is -1.45. The van der Waals surface area contributed by atoms with Crippen LogP contribution in [0.3, 0.4) is 0 Å². The van der Waals surface area contributed by atoms with E-state index >= 15 is 0 Å². The minimum absolute atomic E-state index is 0.562. The van der Waals surface area contributed by atoms with E-state index in [1.165, 1.54) is 0 Å². The van der Waals surface area contributed by atoms with E-state index in [0.29, 0.717) is 22.0 Å². The molecule has 0 saturated heterocycles. The Morgan fingerprint density at radius 2 is 1.94 bits per heavy atom. The largest absolute Gasteiger partial charge is 0.399 e. The minimum atomic E-state index is 0.562. The van der Waals surface area contributed by atoms with Crippen LogP contribution in [0.5, 0.6) is 0 Å². The molecule has 2 aromatic rings. The van der Waals surface area contributed by atoms with Crippen molar-refractivity contribution in [1.29, 1.82) is 5.26 Å². The number of nitrogen functional groups attached to an aromatic ring is 1. The average Bonchev–Trinajstić information content (AvgIpc) is 2.35. The second kappa shape index (κ2) is 5.46. The van der Waals surface area contributed by atoms with Gasteiger partial charge in [0.15, 0.2) is 0 Å². The van der Waals surface area contributed by atoms with Crippen LogP contribution in [0.15, 0.2) is 36.4 Å². The molecule has 0 spiro atoms. The number of nitriles is 1. The first-order valence-electron chi connectivity index (χ1n) is 5.12. The van der Waals surface area contributed by atoms with Crippen molar-refractivity contribution in [1.82, 2.24) is 0 Å². The van der Waals surface area contributed by atoms with Crippen molar-refractivity contribution >= 4 is 51.3 Å². The van der Waals surface area contributed by atoms with Gasteiger partial charge in [-0.15, -0.1) is 0 Å². The van der Waals surface area contributed by atoms with Crippen molar-refractivity contribution in [2.24, 2.45) is 0 Å². The van der Waals surface area contributed by atoms with Gasteiger partial charge >= 0.3 is 0 Å². The molecule has 0 amide bonds. The van der Waals surface area contributed by atoms with Crippen LogP contribution >= 0.6 is 34.2 Å². The fourth-order valence-corrected chi connectivity index (χ4v) is 2.31. The molecule has 3 nitrogen and oxygen atoms in total. The lowest BCUT2D eigenvalue weighted by Crippen LogP contribution is -1.96. The molecule has 18 heavy (non-hydrogen) atoms. The minimum Gasteiger partial charge on any atom is -0.399 e. The smallest absolute Gasteiger partial charge is 0.0992 e. The first kappa shape index (κ1) is 13.0. The molecule has 0 heterocycles. The second-order valence-electron chi connectivity index (χ2n) is 3.67. The summed E-state index contributed by atoms with van der Waals surface area (Å²) in [5, 5.41) is 12.6. The molecule has 0 aliphatic heterocycles. The lowest BCUT2D eigenvalue weighted by molar-refractivity contribution is 1.46. The molecule has 0 fully saturated rings. The number of anilines is 3. The molecule has 0 radical (unpaired) electrons. The van der Waals surface area contributed by atoms with Crippen LogP contribution in [0.25, 0.3) is 0 Å². The Balaban J connectivity index is 2.37. The van der Waals surface area contributed by atoms with Crippen molar-refractivity contribution in [2.45, 2.75) is 0 Å². The fourth-order valence-electron chi connectivity index (χ4n) is 1.47. The first-order valence-corrected chi connectivity index (χ1v) is 6.57. The normalized spacial score (nSPS) is 9.83. The summed E-state index contributed by atoms with van der Waals surface area (Å²) >= 11 is 8.28. The molecule has 0 unspecified atom stereocenters. The number of nitrogens with zero attached hydrogens (tertiary/aromatic N) is 1. The molecule has 0 aliphatic rings. The highest BCUT2D eigenvalue weighted by atomic mass is 127. The van der Waals surface area contributed by atoms with Crippen LogP contribution in [-0.2, 0) is 0 Å². The maximum Gasteiger partial charge on any atom is 0.0992 e. The van der Waals surface area contributed by atoms with Gasteiger partial charge in [-0.05, 0) is 59.0 Å². The number of benzene rings is 2. The molecular weight excluding hydrogens is 361 g/mol.